The number of imidazole rings is 1. The molecule has 0 spiro atoms. The highest BCUT2D eigenvalue weighted by atomic mass is 19.1. The van der Waals surface area contributed by atoms with Gasteiger partial charge in [-0.3, -0.25) is 4.79 Å². The minimum absolute atomic E-state index is 0.106. The fraction of sp³-hybridized carbons (Fsp3) is 0.417. The molecule has 32 heavy (non-hydrogen) atoms. The van der Waals surface area contributed by atoms with Gasteiger partial charge in [-0.05, 0) is 54.9 Å². The van der Waals surface area contributed by atoms with E-state index in [0.717, 1.165) is 24.1 Å². The van der Waals surface area contributed by atoms with E-state index in [1.165, 1.54) is 30.7 Å². The average molecular weight is 437 g/mol. The number of aromatic amines is 1. The molecule has 1 fully saturated rings. The Morgan fingerprint density at radius 1 is 1.25 bits per heavy atom. The van der Waals surface area contributed by atoms with Gasteiger partial charge in [0, 0.05) is 18.5 Å². The Hall–Kier alpha value is -3.16. The van der Waals surface area contributed by atoms with Crippen molar-refractivity contribution in [1.29, 1.82) is 0 Å². The zero-order valence-corrected chi connectivity index (χ0v) is 18.3. The third-order valence-corrected chi connectivity index (χ3v) is 7.69. The maximum Gasteiger partial charge on any atom is 0.271 e. The summed E-state index contributed by atoms with van der Waals surface area (Å²) >= 11 is 0. The van der Waals surface area contributed by atoms with E-state index in [2.05, 4.69) is 34.0 Å². The Bertz CT molecular complexity index is 1170. The fourth-order valence-corrected chi connectivity index (χ4v) is 5.84. The number of carbonyl (C=O) groups is 1. The van der Waals surface area contributed by atoms with E-state index in [1.54, 1.807) is 6.07 Å². The number of benzene rings is 1. The van der Waals surface area contributed by atoms with Gasteiger partial charge in [0.15, 0.2) is 0 Å². The van der Waals surface area contributed by atoms with Crippen molar-refractivity contribution in [1.82, 2.24) is 25.1 Å². The van der Waals surface area contributed by atoms with Gasteiger partial charge < -0.3 is 9.88 Å². The van der Waals surface area contributed by atoms with Crippen LogP contribution in [0, 0.1) is 17.0 Å². The quantitative estimate of drug-likeness (QED) is 0.639. The van der Waals surface area contributed by atoms with Gasteiger partial charge in [-0.1, -0.05) is 19.9 Å². The Balaban J connectivity index is 1.57. The summed E-state index contributed by atoms with van der Waals surface area (Å²) in [7, 11) is 0. The first-order valence-corrected chi connectivity index (χ1v) is 10.9. The zero-order valence-electron chi connectivity index (χ0n) is 18.3. The van der Waals surface area contributed by atoms with Gasteiger partial charge in [0.2, 0.25) is 0 Å². The lowest BCUT2D eigenvalue weighted by Gasteiger charge is -2.41. The second kappa shape index (κ2) is 7.18. The van der Waals surface area contributed by atoms with Crippen LogP contribution >= 0.6 is 0 Å². The van der Waals surface area contributed by atoms with Crippen LogP contribution in [0.25, 0.3) is 11.3 Å². The Morgan fingerprint density at radius 2 is 2.00 bits per heavy atom. The molecule has 0 unspecified atom stereocenters. The Morgan fingerprint density at radius 3 is 2.66 bits per heavy atom. The predicted molar refractivity (Wildman–Crippen MR) is 115 cm³/mol. The van der Waals surface area contributed by atoms with E-state index in [9.17, 15) is 13.6 Å². The SMILES string of the molecule is CCN(C[C@@]12CC[C@@H](c3cc(-c4c(F)cccc4F)nnc31)C2(C)C)C(=O)c1cnc[nH]1. The molecule has 1 saturated carbocycles. The molecule has 0 aliphatic heterocycles. The third-order valence-electron chi connectivity index (χ3n) is 7.69. The summed E-state index contributed by atoms with van der Waals surface area (Å²) in [6.45, 7) is 7.39. The van der Waals surface area contributed by atoms with E-state index in [0.29, 0.717) is 18.8 Å². The summed E-state index contributed by atoms with van der Waals surface area (Å²) < 4.78 is 28.8. The number of nitrogens with zero attached hydrogens (tertiary/aromatic N) is 4. The van der Waals surface area contributed by atoms with Gasteiger partial charge in [-0.15, -0.1) is 0 Å². The number of likely N-dealkylation sites (N-methyl/N-ethyl adjacent to an activating group) is 1. The molecule has 1 N–H and O–H groups in total. The van der Waals surface area contributed by atoms with Crippen molar-refractivity contribution in [2.45, 2.75) is 44.9 Å². The second-order valence-corrected chi connectivity index (χ2v) is 9.31. The first kappa shape index (κ1) is 20.7. The molecule has 0 saturated heterocycles. The van der Waals surface area contributed by atoms with Crippen LogP contribution in [0.4, 0.5) is 8.78 Å². The van der Waals surface area contributed by atoms with Gasteiger partial charge in [0.1, 0.15) is 17.3 Å². The molecule has 0 radical (unpaired) electrons. The number of rotatable bonds is 5. The molecular formula is C24H25F2N5O. The summed E-state index contributed by atoms with van der Waals surface area (Å²) in [5.41, 5.74) is 1.77. The second-order valence-electron chi connectivity index (χ2n) is 9.31. The summed E-state index contributed by atoms with van der Waals surface area (Å²) in [5.74, 6) is -1.23. The largest absolute Gasteiger partial charge is 0.341 e. The molecule has 1 amide bonds. The van der Waals surface area contributed by atoms with Crippen molar-refractivity contribution in [3.8, 4) is 11.3 Å². The predicted octanol–water partition coefficient (Wildman–Crippen LogP) is 4.46. The lowest BCUT2D eigenvalue weighted by Crippen LogP contribution is -2.48. The van der Waals surface area contributed by atoms with Crippen molar-refractivity contribution < 1.29 is 13.6 Å². The van der Waals surface area contributed by atoms with Crippen LogP contribution < -0.4 is 0 Å². The van der Waals surface area contributed by atoms with E-state index in [1.807, 2.05) is 11.8 Å². The topological polar surface area (TPSA) is 74.8 Å². The normalized spacial score (nSPS) is 22.7. The number of amides is 1. The summed E-state index contributed by atoms with van der Waals surface area (Å²) in [5, 5.41) is 8.79. The van der Waals surface area contributed by atoms with Crippen LogP contribution in [0.5, 0.6) is 0 Å². The molecule has 2 heterocycles. The maximum atomic E-state index is 14.4. The van der Waals surface area contributed by atoms with Crippen molar-refractivity contribution >= 4 is 5.91 Å². The highest BCUT2D eigenvalue weighted by molar-refractivity contribution is 5.92. The average Bonchev–Trinajstić information content (AvgIpc) is 3.43. The summed E-state index contributed by atoms with van der Waals surface area (Å²) in [6, 6.07) is 5.59. The molecule has 2 atom stereocenters. The van der Waals surface area contributed by atoms with E-state index in [-0.39, 0.29) is 33.9 Å². The van der Waals surface area contributed by atoms with Crippen molar-refractivity contribution in [2.24, 2.45) is 5.41 Å². The Labute approximate surface area is 185 Å². The first-order chi connectivity index (χ1) is 15.3. The number of hydrogen-bond acceptors (Lipinski definition) is 4. The van der Waals surface area contributed by atoms with E-state index < -0.39 is 11.6 Å². The van der Waals surface area contributed by atoms with Crippen LogP contribution in [0.3, 0.4) is 0 Å². The molecule has 166 valence electrons. The molecule has 6 nitrogen and oxygen atoms in total. The molecule has 8 heteroatoms. The number of fused-ring (bicyclic) bond motifs is 5. The minimum atomic E-state index is -0.654. The first-order valence-electron chi connectivity index (χ1n) is 10.9. The molecule has 5 rings (SSSR count). The summed E-state index contributed by atoms with van der Waals surface area (Å²) in [4.78, 5) is 21.7. The van der Waals surface area contributed by atoms with Gasteiger partial charge >= 0.3 is 0 Å². The molecular weight excluding hydrogens is 412 g/mol. The number of hydrogen-bond donors (Lipinski definition) is 1. The highest BCUT2D eigenvalue weighted by Gasteiger charge is 2.64. The standard InChI is InChI=1S/C24H25F2N5O/c1-4-31(22(32)19-11-27-13-28-19)12-24-9-8-15(23(24,2)3)14-10-18(29-30-21(14)24)20-16(25)6-5-7-17(20)26/h5-7,10-11,13,15H,4,8-9,12H2,1-3H3,(H,27,28)/t15-,24-/m0/s1. The number of halogens is 2. The molecule has 3 aromatic rings. The number of H-pyrrole nitrogens is 1. The molecule has 2 bridgehead atoms. The molecule has 1 aromatic carbocycles. The fourth-order valence-electron chi connectivity index (χ4n) is 5.84. The van der Waals surface area contributed by atoms with Crippen molar-refractivity contribution in [2.75, 3.05) is 13.1 Å². The van der Waals surface area contributed by atoms with Gasteiger partial charge in [-0.25, -0.2) is 13.8 Å². The van der Waals surface area contributed by atoms with Gasteiger partial charge in [0.05, 0.1) is 29.5 Å². The van der Waals surface area contributed by atoms with E-state index in [4.69, 9.17) is 0 Å². The summed E-state index contributed by atoms with van der Waals surface area (Å²) in [6.07, 6.45) is 4.84. The van der Waals surface area contributed by atoms with Crippen LogP contribution in [0.15, 0.2) is 36.8 Å². The van der Waals surface area contributed by atoms with Gasteiger partial charge in [0.25, 0.3) is 5.91 Å². The molecule has 2 aliphatic rings. The zero-order chi connectivity index (χ0) is 22.7. The minimum Gasteiger partial charge on any atom is -0.341 e. The van der Waals surface area contributed by atoms with Gasteiger partial charge in [-0.2, -0.15) is 10.2 Å². The lowest BCUT2D eigenvalue weighted by molar-refractivity contribution is 0.0647. The van der Waals surface area contributed by atoms with Crippen molar-refractivity contribution in [3.05, 3.63) is 65.4 Å². The van der Waals surface area contributed by atoms with Crippen LogP contribution in [-0.2, 0) is 5.41 Å². The lowest BCUT2D eigenvalue weighted by atomic mass is 9.68. The highest BCUT2D eigenvalue weighted by Crippen LogP contribution is 2.67. The maximum absolute atomic E-state index is 14.4. The number of nitrogens with one attached hydrogen (secondary N) is 1. The monoisotopic (exact) mass is 437 g/mol. The molecule has 2 aromatic heterocycles. The third kappa shape index (κ3) is 2.74. The van der Waals surface area contributed by atoms with Crippen molar-refractivity contribution in [3.63, 3.8) is 0 Å². The smallest absolute Gasteiger partial charge is 0.271 e. The number of aromatic nitrogens is 4. The number of carbonyl (C=O) groups excluding carboxylic acids is 1. The van der Waals surface area contributed by atoms with Crippen LogP contribution in [0.1, 0.15) is 61.3 Å². The Kier molecular flexibility index (Phi) is 4.65. The van der Waals surface area contributed by atoms with Crippen LogP contribution in [0.2, 0.25) is 0 Å². The van der Waals surface area contributed by atoms with E-state index >= 15 is 0 Å². The molecule has 2 aliphatic carbocycles. The van der Waals surface area contributed by atoms with Crippen LogP contribution in [-0.4, -0.2) is 44.1 Å².